The van der Waals surface area contributed by atoms with E-state index in [2.05, 4.69) is 15.4 Å². The summed E-state index contributed by atoms with van der Waals surface area (Å²) in [6.07, 6.45) is 7.34. The number of anilines is 1. The Kier molecular flexibility index (Phi) is 3.61. The normalized spacial score (nSPS) is 18.9. The van der Waals surface area contributed by atoms with Crippen molar-refractivity contribution in [2.45, 2.75) is 51.1 Å². The molecule has 1 heterocycles. The molecule has 3 N–H and O–H groups in total. The van der Waals surface area contributed by atoms with Gasteiger partial charge in [0.25, 0.3) is 0 Å². The number of nitrogens with two attached hydrogens (primary N) is 1. The van der Waals surface area contributed by atoms with Crippen LogP contribution in [0.3, 0.4) is 0 Å². The minimum Gasteiger partial charge on any atom is -0.367 e. The highest BCUT2D eigenvalue weighted by Crippen LogP contribution is 2.18. The van der Waals surface area contributed by atoms with Gasteiger partial charge in [0.1, 0.15) is 12.4 Å². The molecule has 94 valence electrons. The molecule has 1 amide bonds. The van der Waals surface area contributed by atoms with E-state index in [9.17, 15) is 4.79 Å². The van der Waals surface area contributed by atoms with E-state index in [0.717, 1.165) is 12.8 Å². The molecule has 1 aliphatic carbocycles. The highest BCUT2D eigenvalue weighted by molar-refractivity contribution is 5.80. The van der Waals surface area contributed by atoms with Gasteiger partial charge in [-0.2, -0.15) is 0 Å². The third-order valence-corrected chi connectivity index (χ3v) is 3.25. The van der Waals surface area contributed by atoms with Crippen LogP contribution >= 0.6 is 0 Å². The first-order chi connectivity index (χ1) is 8.16. The smallest absolute Gasteiger partial charge is 0.244 e. The second-order valence-electron chi connectivity index (χ2n) is 4.60. The molecule has 1 aromatic rings. The third kappa shape index (κ3) is 2.95. The Hall–Kier alpha value is -1.59. The third-order valence-electron chi connectivity index (χ3n) is 3.25. The van der Waals surface area contributed by atoms with E-state index in [1.165, 1.54) is 30.3 Å². The quantitative estimate of drug-likeness (QED) is 0.816. The van der Waals surface area contributed by atoms with Gasteiger partial charge < -0.3 is 11.1 Å². The highest BCUT2D eigenvalue weighted by Gasteiger charge is 2.21. The maximum atomic E-state index is 12.0. The topological polar surface area (TPSA) is 85.8 Å². The minimum atomic E-state index is -0.360. The Morgan fingerprint density at radius 1 is 1.53 bits per heavy atom. The summed E-state index contributed by atoms with van der Waals surface area (Å²) in [5.74, 6) is 0.184. The van der Waals surface area contributed by atoms with Gasteiger partial charge in [-0.3, -0.25) is 4.79 Å². The summed E-state index contributed by atoms with van der Waals surface area (Å²) in [6.45, 7) is 1.80. The van der Waals surface area contributed by atoms with Gasteiger partial charge in [-0.15, -0.1) is 5.10 Å². The molecule has 0 spiro atoms. The Morgan fingerprint density at radius 2 is 2.24 bits per heavy atom. The van der Waals surface area contributed by atoms with Crippen LogP contribution in [0.25, 0.3) is 0 Å². The molecule has 1 aliphatic rings. The maximum Gasteiger partial charge on any atom is 0.244 e. The van der Waals surface area contributed by atoms with Crippen molar-refractivity contribution < 1.29 is 4.79 Å². The molecule has 1 atom stereocenters. The predicted octanol–water partition coefficient (Wildman–Crippen LogP) is 0.870. The summed E-state index contributed by atoms with van der Waals surface area (Å²) in [5.41, 5.74) is 5.43. The molecule has 6 nitrogen and oxygen atoms in total. The SMILES string of the molecule is CC(C(=O)NC1CCCCC1)n1cnc(N)n1. The van der Waals surface area contributed by atoms with E-state index in [-0.39, 0.29) is 17.9 Å². The molecule has 0 saturated heterocycles. The van der Waals surface area contributed by atoms with Crippen LogP contribution in [0.15, 0.2) is 6.33 Å². The van der Waals surface area contributed by atoms with E-state index in [1.807, 2.05) is 0 Å². The molecule has 17 heavy (non-hydrogen) atoms. The molecular weight excluding hydrogens is 218 g/mol. The van der Waals surface area contributed by atoms with Crippen LogP contribution in [0.5, 0.6) is 0 Å². The van der Waals surface area contributed by atoms with E-state index in [4.69, 9.17) is 5.73 Å². The van der Waals surface area contributed by atoms with Crippen LogP contribution in [-0.2, 0) is 4.79 Å². The fourth-order valence-corrected chi connectivity index (χ4v) is 2.16. The number of aromatic nitrogens is 3. The molecular formula is C11H19N5O. The zero-order valence-electron chi connectivity index (χ0n) is 10.1. The van der Waals surface area contributed by atoms with Crippen molar-refractivity contribution in [1.29, 1.82) is 0 Å². The van der Waals surface area contributed by atoms with Crippen molar-refractivity contribution in [2.75, 3.05) is 5.73 Å². The number of amides is 1. The molecule has 1 fully saturated rings. The first-order valence-electron chi connectivity index (χ1n) is 6.14. The average Bonchev–Trinajstić information content (AvgIpc) is 2.76. The van der Waals surface area contributed by atoms with Gasteiger partial charge in [0.05, 0.1) is 0 Å². The van der Waals surface area contributed by atoms with Gasteiger partial charge in [0, 0.05) is 6.04 Å². The van der Waals surface area contributed by atoms with Crippen LogP contribution in [0.2, 0.25) is 0 Å². The summed E-state index contributed by atoms with van der Waals surface area (Å²) >= 11 is 0. The highest BCUT2D eigenvalue weighted by atomic mass is 16.2. The van der Waals surface area contributed by atoms with Crippen LogP contribution < -0.4 is 11.1 Å². The summed E-state index contributed by atoms with van der Waals surface area (Å²) in [6, 6.07) is -0.0405. The van der Waals surface area contributed by atoms with Gasteiger partial charge in [0.2, 0.25) is 11.9 Å². The van der Waals surface area contributed by atoms with E-state index in [1.54, 1.807) is 6.92 Å². The Labute approximate surface area is 101 Å². The molecule has 1 saturated carbocycles. The molecule has 0 radical (unpaired) electrons. The Balaban J connectivity index is 1.90. The van der Waals surface area contributed by atoms with Crippen LogP contribution in [0.1, 0.15) is 45.1 Å². The lowest BCUT2D eigenvalue weighted by molar-refractivity contribution is -0.125. The second kappa shape index (κ2) is 5.16. The number of carbonyl (C=O) groups excluding carboxylic acids is 1. The number of nitrogens with zero attached hydrogens (tertiary/aromatic N) is 3. The molecule has 0 aromatic carbocycles. The van der Waals surface area contributed by atoms with Crippen LogP contribution in [-0.4, -0.2) is 26.7 Å². The number of hydrogen-bond acceptors (Lipinski definition) is 4. The molecule has 6 heteroatoms. The van der Waals surface area contributed by atoms with E-state index in [0.29, 0.717) is 6.04 Å². The Morgan fingerprint density at radius 3 is 2.82 bits per heavy atom. The number of nitrogens with one attached hydrogen (secondary N) is 1. The zero-order chi connectivity index (χ0) is 12.3. The van der Waals surface area contributed by atoms with Gasteiger partial charge in [-0.1, -0.05) is 19.3 Å². The first-order valence-corrected chi connectivity index (χ1v) is 6.14. The number of nitrogen functional groups attached to an aromatic ring is 1. The standard InChI is InChI=1S/C11H19N5O/c1-8(16-7-13-11(12)15-16)10(17)14-9-5-3-2-4-6-9/h7-9H,2-6H2,1H3,(H2,12,15)(H,14,17). The van der Waals surface area contributed by atoms with Gasteiger partial charge in [-0.25, -0.2) is 9.67 Å². The van der Waals surface area contributed by atoms with Crippen molar-refractivity contribution in [3.05, 3.63) is 6.33 Å². The average molecular weight is 237 g/mol. The van der Waals surface area contributed by atoms with Gasteiger partial charge in [-0.05, 0) is 19.8 Å². The molecule has 0 aliphatic heterocycles. The largest absolute Gasteiger partial charge is 0.367 e. The fourth-order valence-electron chi connectivity index (χ4n) is 2.16. The predicted molar refractivity (Wildman–Crippen MR) is 64.2 cm³/mol. The zero-order valence-corrected chi connectivity index (χ0v) is 10.1. The number of hydrogen-bond donors (Lipinski definition) is 2. The summed E-state index contributed by atoms with van der Waals surface area (Å²) in [7, 11) is 0. The van der Waals surface area contributed by atoms with Crippen molar-refractivity contribution >= 4 is 11.9 Å². The molecule has 0 bridgehead atoms. The maximum absolute atomic E-state index is 12.0. The molecule has 2 rings (SSSR count). The van der Waals surface area contributed by atoms with Crippen molar-refractivity contribution in [3.63, 3.8) is 0 Å². The lowest BCUT2D eigenvalue weighted by Crippen LogP contribution is -2.40. The second-order valence-corrected chi connectivity index (χ2v) is 4.60. The lowest BCUT2D eigenvalue weighted by atomic mass is 9.95. The monoisotopic (exact) mass is 237 g/mol. The lowest BCUT2D eigenvalue weighted by Gasteiger charge is -2.24. The molecule has 1 aromatic heterocycles. The van der Waals surface area contributed by atoms with E-state index >= 15 is 0 Å². The van der Waals surface area contributed by atoms with Gasteiger partial charge in [0.15, 0.2) is 0 Å². The first kappa shape index (κ1) is 11.9. The van der Waals surface area contributed by atoms with Crippen molar-refractivity contribution in [3.8, 4) is 0 Å². The van der Waals surface area contributed by atoms with Crippen LogP contribution in [0.4, 0.5) is 5.95 Å². The fraction of sp³-hybridized carbons (Fsp3) is 0.727. The summed E-state index contributed by atoms with van der Waals surface area (Å²) in [5, 5.41) is 7.01. The number of carbonyl (C=O) groups is 1. The van der Waals surface area contributed by atoms with Crippen LogP contribution in [0, 0.1) is 0 Å². The molecule has 1 unspecified atom stereocenters. The van der Waals surface area contributed by atoms with E-state index < -0.39 is 0 Å². The Bertz CT molecular complexity index is 383. The van der Waals surface area contributed by atoms with Crippen molar-refractivity contribution in [1.82, 2.24) is 20.1 Å². The van der Waals surface area contributed by atoms with Gasteiger partial charge >= 0.3 is 0 Å². The number of rotatable bonds is 3. The summed E-state index contributed by atoms with van der Waals surface area (Å²) < 4.78 is 1.49. The minimum absolute atomic E-state index is 0.0122. The summed E-state index contributed by atoms with van der Waals surface area (Å²) in [4.78, 5) is 15.8. The van der Waals surface area contributed by atoms with Crippen molar-refractivity contribution in [2.24, 2.45) is 0 Å².